The molecule has 6 rings (SSSR count). The molecule has 0 radical (unpaired) electrons. The molecule has 2 bridgehead atoms. The van der Waals surface area contributed by atoms with Gasteiger partial charge < -0.3 is 10.4 Å². The zero-order chi connectivity index (χ0) is 27.6. The molecular formula is C36H44N2O2. The number of amides is 1. The molecule has 1 heterocycles. The van der Waals surface area contributed by atoms with Crippen molar-refractivity contribution in [3.05, 3.63) is 102 Å². The van der Waals surface area contributed by atoms with E-state index in [0.717, 1.165) is 70.9 Å². The first-order valence-corrected chi connectivity index (χ1v) is 15.4. The fourth-order valence-electron chi connectivity index (χ4n) is 8.35. The summed E-state index contributed by atoms with van der Waals surface area (Å²) in [5.41, 5.74) is 3.34. The van der Waals surface area contributed by atoms with Gasteiger partial charge in [0.25, 0.3) is 0 Å². The normalized spacial score (nSPS) is 27.8. The molecule has 1 amide bonds. The van der Waals surface area contributed by atoms with E-state index in [0.29, 0.717) is 17.7 Å². The number of phenols is 1. The Labute approximate surface area is 239 Å². The van der Waals surface area contributed by atoms with E-state index in [4.69, 9.17) is 0 Å². The number of aromatic hydroxyl groups is 1. The Kier molecular flexibility index (Phi) is 7.72. The van der Waals surface area contributed by atoms with E-state index in [1.807, 2.05) is 18.2 Å². The third-order valence-corrected chi connectivity index (χ3v) is 10.5. The molecule has 4 heteroatoms. The van der Waals surface area contributed by atoms with Crippen LogP contribution in [0.3, 0.4) is 0 Å². The van der Waals surface area contributed by atoms with Crippen molar-refractivity contribution in [2.45, 2.75) is 87.6 Å². The summed E-state index contributed by atoms with van der Waals surface area (Å²) in [5, 5.41) is 14.1. The second-order valence-electron chi connectivity index (χ2n) is 12.8. The van der Waals surface area contributed by atoms with Crippen LogP contribution in [0.15, 0.2) is 84.9 Å². The lowest BCUT2D eigenvalue weighted by molar-refractivity contribution is -0.128. The summed E-state index contributed by atoms with van der Waals surface area (Å²) in [6, 6.07) is 29.7. The Morgan fingerprint density at radius 2 is 1.62 bits per heavy atom. The van der Waals surface area contributed by atoms with Gasteiger partial charge in [-0.15, -0.1) is 0 Å². The number of hydrogen-bond donors (Lipinski definition) is 2. The number of piperidine rings is 1. The van der Waals surface area contributed by atoms with Crippen molar-refractivity contribution in [1.29, 1.82) is 0 Å². The molecule has 4 nitrogen and oxygen atoms in total. The van der Waals surface area contributed by atoms with Crippen LogP contribution in [0.2, 0.25) is 0 Å². The monoisotopic (exact) mass is 536 g/mol. The van der Waals surface area contributed by atoms with Gasteiger partial charge >= 0.3 is 0 Å². The van der Waals surface area contributed by atoms with Gasteiger partial charge in [-0.25, -0.2) is 0 Å². The van der Waals surface area contributed by atoms with Crippen LogP contribution >= 0.6 is 0 Å². The smallest absolute Gasteiger partial charge is 0.230 e. The van der Waals surface area contributed by atoms with E-state index in [2.05, 4.69) is 77.8 Å². The predicted octanol–water partition coefficient (Wildman–Crippen LogP) is 6.76. The number of aryl methyl sites for hydroxylation is 1. The maximum atomic E-state index is 14.2. The first kappa shape index (κ1) is 27.1. The summed E-state index contributed by atoms with van der Waals surface area (Å²) >= 11 is 0. The molecule has 2 saturated carbocycles. The van der Waals surface area contributed by atoms with Gasteiger partial charge in [0, 0.05) is 24.0 Å². The second-order valence-corrected chi connectivity index (χ2v) is 12.8. The average molecular weight is 537 g/mol. The maximum absolute atomic E-state index is 14.2. The van der Waals surface area contributed by atoms with Crippen molar-refractivity contribution < 1.29 is 9.90 Å². The van der Waals surface area contributed by atoms with E-state index in [1.165, 1.54) is 16.7 Å². The fourth-order valence-corrected chi connectivity index (χ4v) is 8.35. The highest BCUT2D eigenvalue weighted by Crippen LogP contribution is 2.51. The van der Waals surface area contributed by atoms with Gasteiger partial charge in [-0.3, -0.25) is 9.69 Å². The quantitative estimate of drug-likeness (QED) is 0.334. The molecule has 1 aliphatic heterocycles. The zero-order valence-electron chi connectivity index (χ0n) is 23.9. The maximum Gasteiger partial charge on any atom is 0.230 e. The number of fused-ring (bicyclic) bond motifs is 2. The van der Waals surface area contributed by atoms with E-state index in [9.17, 15) is 9.90 Å². The van der Waals surface area contributed by atoms with Gasteiger partial charge in [0.1, 0.15) is 5.75 Å². The minimum absolute atomic E-state index is 0.0505. The Morgan fingerprint density at radius 1 is 0.925 bits per heavy atom. The molecule has 0 spiro atoms. The van der Waals surface area contributed by atoms with Crippen molar-refractivity contribution >= 4 is 5.91 Å². The summed E-state index contributed by atoms with van der Waals surface area (Å²) < 4.78 is 0. The van der Waals surface area contributed by atoms with Gasteiger partial charge in [0.2, 0.25) is 5.91 Å². The number of nitrogens with zero attached hydrogens (tertiary/aromatic N) is 1. The van der Waals surface area contributed by atoms with Gasteiger partial charge in [0.15, 0.2) is 0 Å². The SMILES string of the molecule is C[C@H]1CN(CCCc2ccccc2)[C@@H]2C[C@@H](NC(=O)C3(c4ccccc4)CCCC3)C[C@@]1(c1cccc(O)c1)C2. The fraction of sp³-hybridized carbons (Fsp3) is 0.472. The van der Waals surface area contributed by atoms with Gasteiger partial charge in [-0.1, -0.05) is 92.6 Å². The molecule has 0 unspecified atom stereocenters. The van der Waals surface area contributed by atoms with Crippen LogP contribution < -0.4 is 5.32 Å². The number of hydrogen-bond acceptors (Lipinski definition) is 3. The van der Waals surface area contributed by atoms with Crippen LogP contribution in [0.25, 0.3) is 0 Å². The highest BCUT2D eigenvalue weighted by Gasteiger charge is 2.52. The number of likely N-dealkylation sites (tertiary alicyclic amines) is 1. The first-order chi connectivity index (χ1) is 19.5. The Morgan fingerprint density at radius 3 is 2.35 bits per heavy atom. The van der Waals surface area contributed by atoms with Gasteiger partial charge in [-0.05, 0) is 86.2 Å². The number of benzene rings is 3. The zero-order valence-corrected chi connectivity index (χ0v) is 23.9. The number of nitrogens with one attached hydrogen (secondary N) is 1. The molecule has 210 valence electrons. The summed E-state index contributed by atoms with van der Waals surface area (Å²) in [7, 11) is 0. The Bertz CT molecular complexity index is 1290. The third kappa shape index (κ3) is 5.19. The van der Waals surface area contributed by atoms with Crippen molar-refractivity contribution in [2.75, 3.05) is 13.1 Å². The minimum Gasteiger partial charge on any atom is -0.508 e. The third-order valence-electron chi connectivity index (χ3n) is 10.5. The van der Waals surface area contributed by atoms with Crippen molar-refractivity contribution in [3.63, 3.8) is 0 Å². The lowest BCUT2D eigenvalue weighted by Crippen LogP contribution is -2.62. The van der Waals surface area contributed by atoms with Crippen LogP contribution in [-0.4, -0.2) is 41.1 Å². The lowest BCUT2D eigenvalue weighted by atomic mass is 9.57. The molecule has 3 aromatic carbocycles. The Hall–Kier alpha value is -3.11. The number of rotatable bonds is 8. The molecule has 40 heavy (non-hydrogen) atoms. The highest BCUT2D eigenvalue weighted by atomic mass is 16.3. The van der Waals surface area contributed by atoms with Crippen LogP contribution in [-0.2, 0) is 22.0 Å². The number of carbonyl (C=O) groups is 1. The van der Waals surface area contributed by atoms with Crippen molar-refractivity contribution in [3.8, 4) is 5.75 Å². The molecule has 2 N–H and O–H groups in total. The average Bonchev–Trinajstić information content (AvgIpc) is 3.48. The molecular weight excluding hydrogens is 492 g/mol. The van der Waals surface area contributed by atoms with Crippen molar-refractivity contribution in [1.82, 2.24) is 10.2 Å². The largest absolute Gasteiger partial charge is 0.508 e. The van der Waals surface area contributed by atoms with Crippen molar-refractivity contribution in [2.24, 2.45) is 5.92 Å². The van der Waals surface area contributed by atoms with E-state index < -0.39 is 5.41 Å². The van der Waals surface area contributed by atoms with Crippen LogP contribution in [0.1, 0.15) is 75.0 Å². The molecule has 2 aliphatic carbocycles. The lowest BCUT2D eigenvalue weighted by Gasteiger charge is -2.57. The molecule has 0 aromatic heterocycles. The minimum atomic E-state index is -0.410. The standard InChI is InChI=1S/C36H44N2O2/c1-27-26-38(21-11-14-28-12-4-2-5-13-28)32-23-31(24-36(27,25-32)30-17-10-18-33(39)22-30)37-34(40)35(19-8-9-20-35)29-15-6-3-7-16-29/h2-7,10,12-13,15-18,22,27,31-32,39H,8-9,11,14,19-21,23-26H2,1H3,(H,37,40)/t27-,31+,32+,36+/m0/s1. The summed E-state index contributed by atoms with van der Waals surface area (Å²) in [5.74, 6) is 0.980. The summed E-state index contributed by atoms with van der Waals surface area (Å²) in [4.78, 5) is 16.9. The molecule has 3 aromatic rings. The number of carbonyl (C=O) groups excluding carboxylic acids is 1. The topological polar surface area (TPSA) is 52.6 Å². The van der Waals surface area contributed by atoms with Crippen LogP contribution in [0.5, 0.6) is 5.75 Å². The van der Waals surface area contributed by atoms with Crippen LogP contribution in [0.4, 0.5) is 0 Å². The first-order valence-electron chi connectivity index (χ1n) is 15.4. The summed E-state index contributed by atoms with van der Waals surface area (Å²) in [6.45, 7) is 4.52. The molecule has 4 atom stereocenters. The van der Waals surface area contributed by atoms with Gasteiger partial charge in [0.05, 0.1) is 5.41 Å². The summed E-state index contributed by atoms with van der Waals surface area (Å²) in [6.07, 6.45) is 9.31. The molecule has 3 fully saturated rings. The highest BCUT2D eigenvalue weighted by molar-refractivity contribution is 5.88. The van der Waals surface area contributed by atoms with E-state index >= 15 is 0 Å². The van der Waals surface area contributed by atoms with Crippen LogP contribution in [0, 0.1) is 5.92 Å². The molecule has 1 saturated heterocycles. The molecule has 3 aliphatic rings. The Balaban J connectivity index is 1.25. The second kappa shape index (κ2) is 11.4. The number of phenolic OH excluding ortho intramolecular Hbond substituents is 1. The van der Waals surface area contributed by atoms with E-state index in [-0.39, 0.29) is 17.4 Å². The van der Waals surface area contributed by atoms with Gasteiger partial charge in [-0.2, -0.15) is 0 Å². The van der Waals surface area contributed by atoms with E-state index in [1.54, 1.807) is 6.07 Å². The predicted molar refractivity (Wildman–Crippen MR) is 161 cm³/mol.